The second kappa shape index (κ2) is 60.8. The summed E-state index contributed by atoms with van der Waals surface area (Å²) in [7, 11) is 0. The molecule has 43 nitrogen and oxygen atoms in total. The molecule has 2 rings (SSSR count). The maximum atomic E-state index is 14.6. The van der Waals surface area contributed by atoms with E-state index in [-0.39, 0.29) is 202 Å². The summed E-state index contributed by atoms with van der Waals surface area (Å²) in [5.74, 6) is -8.05. The maximum Gasteiger partial charge on any atom is 0.306 e. The summed E-state index contributed by atoms with van der Waals surface area (Å²) in [4.78, 5) is 147. The summed E-state index contributed by atoms with van der Waals surface area (Å²) < 4.78 is 70.0. The van der Waals surface area contributed by atoms with Crippen LogP contribution in [0.4, 0.5) is 0 Å². The minimum atomic E-state index is -2.14. The molecule has 112 heavy (non-hydrogen) atoms. The van der Waals surface area contributed by atoms with E-state index < -0.39 is 122 Å². The highest BCUT2D eigenvalue weighted by atomic mass is 35.5. The first-order chi connectivity index (χ1) is 53.0. The van der Waals surface area contributed by atoms with Gasteiger partial charge in [0, 0.05) is 104 Å². The number of nitrogens with two attached hydrogens (primary N) is 16. The third-order valence-electron chi connectivity index (χ3n) is 16.5. The number of halogens is 1. The summed E-state index contributed by atoms with van der Waals surface area (Å²) in [5, 5.41) is 0. The van der Waals surface area contributed by atoms with E-state index in [1.54, 1.807) is 0 Å². The van der Waals surface area contributed by atoms with Crippen LogP contribution >= 0.6 is 12.4 Å². The fourth-order valence-corrected chi connectivity index (χ4v) is 11.1. The number of ether oxygens (including phenoxy) is 11. The molecule has 2 fully saturated rings. The summed E-state index contributed by atoms with van der Waals surface area (Å²) in [6.45, 7) is 0.428. The Hall–Kier alpha value is -9.91. The van der Waals surface area contributed by atoms with Crippen LogP contribution in [0, 0.1) is 0 Å². The molecule has 2 heterocycles. The average molecular weight is 1620 g/mol. The van der Waals surface area contributed by atoms with Gasteiger partial charge in [-0.05, 0) is 103 Å². The number of guanidine groups is 8. The second-order valence-electron chi connectivity index (χ2n) is 26.3. The Kier molecular flexibility index (Phi) is 54.3. The van der Waals surface area contributed by atoms with Crippen LogP contribution < -0.4 is 91.7 Å². The number of carbonyl (C=O) groups excluding carboxylic acids is 8. The molecule has 2 aliphatic heterocycles. The smallest absolute Gasteiger partial charge is 0.306 e. The molecular weight excluding hydrogens is 1490 g/mol. The zero-order valence-electron chi connectivity index (χ0n) is 64.5. The Morgan fingerprint density at radius 3 is 0.580 bits per heavy atom. The number of carbonyl (C=O) groups is 8. The minimum absolute atomic E-state index is 0. The van der Waals surface area contributed by atoms with Crippen molar-refractivity contribution in [3.8, 4) is 0 Å². The molecule has 0 aromatic carbocycles. The van der Waals surface area contributed by atoms with Gasteiger partial charge in [-0.15, -0.1) is 12.4 Å². The van der Waals surface area contributed by atoms with Crippen LogP contribution in [0.3, 0.4) is 0 Å². The third-order valence-corrected chi connectivity index (χ3v) is 16.5. The van der Waals surface area contributed by atoms with Crippen molar-refractivity contribution < 1.29 is 90.5 Å². The van der Waals surface area contributed by atoms with Gasteiger partial charge in [0.2, 0.25) is 12.6 Å². The third kappa shape index (κ3) is 50.1. The molecule has 0 aromatic heterocycles. The van der Waals surface area contributed by atoms with E-state index in [9.17, 15) is 38.4 Å². The lowest BCUT2D eigenvalue weighted by atomic mass is 9.96. The van der Waals surface area contributed by atoms with Crippen LogP contribution in [-0.2, 0) is 90.5 Å². The molecule has 32 N–H and O–H groups in total. The molecule has 0 amide bonds. The fraction of sp³-hybridized carbons (Fsp3) is 0.765. The first-order valence-corrected chi connectivity index (χ1v) is 37.9. The van der Waals surface area contributed by atoms with E-state index in [2.05, 4.69) is 39.9 Å². The number of esters is 8. The van der Waals surface area contributed by atoms with Crippen molar-refractivity contribution in [2.24, 2.45) is 132 Å². The molecule has 10 atom stereocenters. The Balaban J connectivity index is 0.0000627. The summed E-state index contributed by atoms with van der Waals surface area (Å²) >= 11 is 0. The van der Waals surface area contributed by atoms with Crippen LogP contribution in [0.5, 0.6) is 0 Å². The van der Waals surface area contributed by atoms with Gasteiger partial charge in [0.05, 0.1) is 0 Å². The predicted octanol–water partition coefficient (Wildman–Crippen LogP) is -1.90. The lowest BCUT2D eigenvalue weighted by Crippen LogP contribution is -2.67. The van der Waals surface area contributed by atoms with Crippen LogP contribution in [0.2, 0.25) is 0 Å². The van der Waals surface area contributed by atoms with Gasteiger partial charge in [0.25, 0.3) is 0 Å². The minimum Gasteiger partial charge on any atom is -0.463 e. The molecule has 640 valence electrons. The van der Waals surface area contributed by atoms with Gasteiger partial charge >= 0.3 is 47.8 Å². The van der Waals surface area contributed by atoms with Gasteiger partial charge in [-0.2, -0.15) is 0 Å². The maximum absolute atomic E-state index is 14.6. The number of nitrogens with zero attached hydrogens (tertiary/aromatic N) is 8. The van der Waals surface area contributed by atoms with Crippen molar-refractivity contribution in [2.75, 3.05) is 65.6 Å². The second-order valence-corrected chi connectivity index (χ2v) is 26.3. The summed E-state index contributed by atoms with van der Waals surface area (Å²) in [5.41, 5.74) is 88.7. The molecule has 0 unspecified atom stereocenters. The van der Waals surface area contributed by atoms with Crippen molar-refractivity contribution in [2.45, 2.75) is 267 Å². The van der Waals surface area contributed by atoms with E-state index in [0.717, 1.165) is 0 Å². The molecule has 0 radical (unpaired) electrons. The highest BCUT2D eigenvalue weighted by Crippen LogP contribution is 2.37. The van der Waals surface area contributed by atoms with E-state index in [1.807, 2.05) is 0 Å². The molecule has 44 heteroatoms. The molecule has 0 spiro atoms. The van der Waals surface area contributed by atoms with Gasteiger partial charge in [0.1, 0.15) is 25.4 Å². The SMILES string of the molecule is Cl.NC(N)=NCCCCCC(=O)OC[C@H]1O[C@H](O[C@H]2O[C@H](COC(=O)CCCCCN=C(N)N)[C@@H](OC(=O)CCCCCN=C(N)N)[C@H](OC(=O)CCCCCN=C(N)N)[C@H]2OC(=O)CCCCCN=C(N)N)[C@H](OC(=O)CCCCCN=C(N)N)[C@@H](OC(=O)CCCCCN=C(N)N)[C@@H]1OC(=O)CCCCCN=C(N)N. The number of hydrogen-bond donors (Lipinski definition) is 16. The van der Waals surface area contributed by atoms with Crippen molar-refractivity contribution in [3.63, 3.8) is 0 Å². The van der Waals surface area contributed by atoms with Gasteiger partial charge in [-0.1, -0.05) is 51.4 Å². The zero-order chi connectivity index (χ0) is 82.1. The quantitative estimate of drug-likeness (QED) is 0.0104. The molecule has 2 aliphatic rings. The van der Waals surface area contributed by atoms with E-state index in [1.165, 1.54) is 0 Å². The average Bonchev–Trinajstić information content (AvgIpc) is 0.767. The first-order valence-electron chi connectivity index (χ1n) is 37.9. The molecule has 2 saturated heterocycles. The Labute approximate surface area is 659 Å². The lowest BCUT2D eigenvalue weighted by molar-refractivity contribution is -0.378. The van der Waals surface area contributed by atoms with E-state index >= 15 is 0 Å². The Bertz CT molecular complexity index is 2820. The zero-order valence-corrected chi connectivity index (χ0v) is 65.3. The highest BCUT2D eigenvalue weighted by molar-refractivity contribution is 5.85. The Morgan fingerprint density at radius 2 is 0.393 bits per heavy atom. The predicted molar refractivity (Wildman–Crippen MR) is 420 cm³/mol. The standard InChI is InChI=1S/C68H126N24O19.ClH/c69-61(70)85-33-17-1-9-25-45(93)101-41-43-53(105-47(95)27-11-3-19-35-87-63(73)74)55(107-49(97)29-13-5-21-37-89-65(77)78)57(109-51(99)31-15-7-23-39-91-67(81)82)59(103-43)111-60-58(110-52(100)32-16-8-24-40-92-68(83)84)56(108-50(98)30-14-6-22-38-90-66(79)80)54(106-48(96)28-12-4-20-36-88-64(75)76)44(104-60)42-102-46(94)26-10-2-18-34-86-62(71)72;/h43-44,53-60H,1-42H2,(H4,69,70,85)(H4,71,72,86)(H4,73,74,87)(H4,75,76,88)(H4,77,78,89)(H4,79,80,90)(H4,81,82,91)(H4,83,84,92);1H/t43-,44-,53-,54-,55+,56+,57-,58-,59-,60-;/m1./s1. The normalized spacial score (nSPS) is 18.8. The fourth-order valence-electron chi connectivity index (χ4n) is 11.1. The molecule has 0 aromatic rings. The van der Waals surface area contributed by atoms with Crippen molar-refractivity contribution in [1.82, 2.24) is 0 Å². The molecule has 0 saturated carbocycles. The van der Waals surface area contributed by atoms with Crippen LogP contribution in [0.25, 0.3) is 0 Å². The summed E-state index contributed by atoms with van der Waals surface area (Å²) in [6, 6.07) is 0. The van der Waals surface area contributed by atoms with Crippen molar-refractivity contribution in [3.05, 3.63) is 0 Å². The van der Waals surface area contributed by atoms with E-state index in [4.69, 9.17) is 144 Å². The highest BCUT2D eigenvalue weighted by Gasteiger charge is 2.58. The number of unbranched alkanes of at least 4 members (excludes halogenated alkanes) is 16. The van der Waals surface area contributed by atoms with Gasteiger partial charge in [0.15, 0.2) is 84.3 Å². The van der Waals surface area contributed by atoms with Crippen LogP contribution in [0.1, 0.15) is 205 Å². The Morgan fingerprint density at radius 1 is 0.223 bits per heavy atom. The number of hydrogen-bond acceptors (Lipinski definition) is 27. The summed E-state index contributed by atoms with van der Waals surface area (Å²) in [6.07, 6.45) is -12.4. The van der Waals surface area contributed by atoms with Crippen molar-refractivity contribution >= 4 is 108 Å². The van der Waals surface area contributed by atoms with Gasteiger partial charge < -0.3 is 144 Å². The monoisotopic (exact) mass is 1620 g/mol. The van der Waals surface area contributed by atoms with Crippen LogP contribution in [-0.4, -0.2) is 222 Å². The topological polar surface area (TPSA) is 753 Å². The van der Waals surface area contributed by atoms with Crippen molar-refractivity contribution in [1.29, 1.82) is 0 Å². The molecular formula is C68H127ClN24O19. The largest absolute Gasteiger partial charge is 0.463 e. The number of rotatable bonds is 60. The first kappa shape index (κ1) is 100. The number of aliphatic imine (C=N–C) groups is 8. The van der Waals surface area contributed by atoms with E-state index in [0.29, 0.717) is 116 Å². The van der Waals surface area contributed by atoms with Crippen LogP contribution in [0.15, 0.2) is 39.9 Å². The van der Waals surface area contributed by atoms with Gasteiger partial charge in [-0.25, -0.2) is 0 Å². The lowest BCUT2D eigenvalue weighted by Gasteiger charge is -2.48. The van der Waals surface area contributed by atoms with Gasteiger partial charge in [-0.3, -0.25) is 78.3 Å². The molecule has 0 aliphatic carbocycles. The molecule has 0 bridgehead atoms.